The Hall–Kier alpha value is -3.49. The topological polar surface area (TPSA) is 131 Å². The summed E-state index contributed by atoms with van der Waals surface area (Å²) in [5, 5.41) is 14.6. The molecule has 0 fully saturated rings. The summed E-state index contributed by atoms with van der Waals surface area (Å²) in [6.07, 6.45) is 1.64. The summed E-state index contributed by atoms with van der Waals surface area (Å²) >= 11 is 0. The third kappa shape index (κ3) is 5.03. The first-order chi connectivity index (χ1) is 13.2. The van der Waals surface area contributed by atoms with E-state index in [1.54, 1.807) is 26.1 Å². The predicted octanol–water partition coefficient (Wildman–Crippen LogP) is 2.50. The average molecular weight is 385 g/mol. The average Bonchev–Trinajstić information content (AvgIpc) is 2.66. The molecule has 148 valence electrons. The minimum Gasteiger partial charge on any atom is -0.371 e. The molecule has 1 aromatic heterocycles. The van der Waals surface area contributed by atoms with Crippen molar-refractivity contribution in [3.8, 4) is 0 Å². The molecule has 0 radical (unpaired) electrons. The van der Waals surface area contributed by atoms with Gasteiger partial charge in [0.1, 0.15) is 5.69 Å². The number of primary amides is 1. The Kier molecular flexibility index (Phi) is 6.64. The largest absolute Gasteiger partial charge is 0.371 e. The quantitative estimate of drug-likeness (QED) is 0.530. The number of rotatable bonds is 8. The van der Waals surface area contributed by atoms with E-state index in [2.05, 4.69) is 10.3 Å². The summed E-state index contributed by atoms with van der Waals surface area (Å²) in [6.45, 7) is 5.04. The second kappa shape index (κ2) is 8.94. The fourth-order valence-corrected chi connectivity index (χ4v) is 2.70. The Balaban J connectivity index is 2.33. The number of nitrogens with zero attached hydrogens (tertiary/aromatic N) is 3. The maximum absolute atomic E-state index is 12.7. The number of carbonyl (C=O) groups excluding carboxylic acids is 2. The molecule has 0 saturated heterocycles. The number of aromatic nitrogens is 1. The van der Waals surface area contributed by atoms with E-state index in [1.165, 1.54) is 23.1 Å². The fourth-order valence-electron chi connectivity index (χ4n) is 2.70. The number of benzene rings is 1. The molecule has 28 heavy (non-hydrogen) atoms. The molecule has 1 unspecified atom stereocenters. The molecule has 0 spiro atoms. The second-order valence-electron chi connectivity index (χ2n) is 6.60. The third-order valence-corrected chi connectivity index (χ3v) is 4.16. The van der Waals surface area contributed by atoms with Crippen molar-refractivity contribution >= 4 is 23.2 Å². The molecule has 0 saturated carbocycles. The van der Waals surface area contributed by atoms with Crippen LogP contribution in [0.2, 0.25) is 0 Å². The number of pyridine rings is 1. The minimum atomic E-state index is -0.654. The molecule has 1 atom stereocenters. The molecule has 9 nitrogen and oxygen atoms in total. The van der Waals surface area contributed by atoms with Crippen LogP contribution in [0.5, 0.6) is 0 Å². The molecule has 9 heteroatoms. The van der Waals surface area contributed by atoms with E-state index < -0.39 is 16.7 Å². The summed E-state index contributed by atoms with van der Waals surface area (Å²) in [5.41, 5.74) is 6.07. The molecular formula is C19H23N5O4. The van der Waals surface area contributed by atoms with Crippen molar-refractivity contribution in [2.45, 2.75) is 32.9 Å². The zero-order valence-corrected chi connectivity index (χ0v) is 16.0. The van der Waals surface area contributed by atoms with Gasteiger partial charge in [-0.25, -0.2) is 0 Å². The molecule has 3 N–H and O–H groups in total. The molecule has 1 aromatic carbocycles. The van der Waals surface area contributed by atoms with Crippen molar-refractivity contribution in [1.82, 2.24) is 9.88 Å². The molecule has 2 aromatic rings. The van der Waals surface area contributed by atoms with Crippen LogP contribution >= 0.6 is 0 Å². The second-order valence-corrected chi connectivity index (χ2v) is 6.60. The van der Waals surface area contributed by atoms with Gasteiger partial charge in [-0.1, -0.05) is 6.07 Å². The highest BCUT2D eigenvalue weighted by atomic mass is 16.6. The van der Waals surface area contributed by atoms with Gasteiger partial charge in [-0.05, 0) is 45.0 Å². The molecule has 0 aliphatic rings. The normalized spacial score (nSPS) is 11.7. The van der Waals surface area contributed by atoms with E-state index in [1.807, 2.05) is 19.1 Å². The number of nitrogens with one attached hydrogen (secondary N) is 1. The van der Waals surface area contributed by atoms with E-state index in [-0.39, 0.29) is 35.6 Å². The molecule has 2 rings (SSSR count). The van der Waals surface area contributed by atoms with Crippen LogP contribution in [0.4, 0.5) is 11.4 Å². The van der Waals surface area contributed by atoms with Crippen molar-refractivity contribution in [1.29, 1.82) is 0 Å². The lowest BCUT2D eigenvalue weighted by molar-refractivity contribution is -0.384. The van der Waals surface area contributed by atoms with Gasteiger partial charge in [-0.3, -0.25) is 24.7 Å². The van der Waals surface area contributed by atoms with Crippen LogP contribution in [0.3, 0.4) is 0 Å². The maximum Gasteiger partial charge on any atom is 0.293 e. The Morgan fingerprint density at radius 2 is 1.96 bits per heavy atom. The van der Waals surface area contributed by atoms with Crippen LogP contribution in [0, 0.1) is 10.1 Å². The summed E-state index contributed by atoms with van der Waals surface area (Å²) in [5.74, 6) is -1.15. The monoisotopic (exact) mass is 385 g/mol. The lowest BCUT2D eigenvalue weighted by atomic mass is 10.1. The van der Waals surface area contributed by atoms with Gasteiger partial charge in [-0.15, -0.1) is 0 Å². The summed E-state index contributed by atoms with van der Waals surface area (Å²) in [6, 6.07) is 9.02. The van der Waals surface area contributed by atoms with Crippen LogP contribution < -0.4 is 11.1 Å². The molecule has 2 amide bonds. The van der Waals surface area contributed by atoms with Crippen molar-refractivity contribution in [2.24, 2.45) is 5.73 Å². The van der Waals surface area contributed by atoms with E-state index >= 15 is 0 Å². The van der Waals surface area contributed by atoms with Gasteiger partial charge in [0.05, 0.1) is 23.2 Å². The van der Waals surface area contributed by atoms with Gasteiger partial charge in [0.15, 0.2) is 0 Å². The first kappa shape index (κ1) is 20.8. The van der Waals surface area contributed by atoms with E-state index in [9.17, 15) is 19.7 Å². The van der Waals surface area contributed by atoms with Crippen LogP contribution in [0.25, 0.3) is 0 Å². The number of carbonyl (C=O) groups is 2. The zero-order chi connectivity index (χ0) is 20.8. The molecule has 0 aliphatic carbocycles. The number of hydrogen-bond donors (Lipinski definition) is 2. The zero-order valence-electron chi connectivity index (χ0n) is 16.0. The van der Waals surface area contributed by atoms with Crippen LogP contribution in [0.1, 0.15) is 42.9 Å². The van der Waals surface area contributed by atoms with Gasteiger partial charge >= 0.3 is 0 Å². The number of nitro benzene ring substituents is 1. The van der Waals surface area contributed by atoms with E-state index in [4.69, 9.17) is 5.73 Å². The van der Waals surface area contributed by atoms with Gasteiger partial charge in [0, 0.05) is 23.9 Å². The Labute approximate surface area is 162 Å². The van der Waals surface area contributed by atoms with Crippen molar-refractivity contribution < 1.29 is 14.5 Å². The standard InChI is InChI=1S/C19H23N5O4/c1-12(2)23(11-18(20)25)19(26)14-7-8-16(17(10-14)24(27)28)22-13(3)15-6-4-5-9-21-15/h4-10,12-13,22H,11H2,1-3H3,(H2,20,25). The van der Waals surface area contributed by atoms with Crippen molar-refractivity contribution in [3.05, 3.63) is 64.0 Å². The lowest BCUT2D eigenvalue weighted by Crippen LogP contribution is -2.42. The Morgan fingerprint density at radius 1 is 1.25 bits per heavy atom. The molecular weight excluding hydrogens is 362 g/mol. The van der Waals surface area contributed by atoms with Crippen LogP contribution in [0.15, 0.2) is 42.6 Å². The predicted molar refractivity (Wildman–Crippen MR) is 105 cm³/mol. The third-order valence-electron chi connectivity index (χ3n) is 4.16. The molecule has 1 heterocycles. The number of amides is 2. The number of anilines is 1. The maximum atomic E-state index is 12.7. The summed E-state index contributed by atoms with van der Waals surface area (Å²) < 4.78 is 0. The van der Waals surface area contributed by atoms with Crippen LogP contribution in [-0.2, 0) is 4.79 Å². The van der Waals surface area contributed by atoms with Gasteiger partial charge in [0.25, 0.3) is 11.6 Å². The number of hydrogen-bond acceptors (Lipinski definition) is 6. The first-order valence-electron chi connectivity index (χ1n) is 8.76. The summed E-state index contributed by atoms with van der Waals surface area (Å²) in [7, 11) is 0. The Morgan fingerprint density at radius 3 is 2.50 bits per heavy atom. The molecule has 0 bridgehead atoms. The highest BCUT2D eigenvalue weighted by Gasteiger charge is 2.24. The van der Waals surface area contributed by atoms with E-state index in [0.29, 0.717) is 0 Å². The highest BCUT2D eigenvalue weighted by Crippen LogP contribution is 2.29. The smallest absolute Gasteiger partial charge is 0.293 e. The lowest BCUT2D eigenvalue weighted by Gasteiger charge is -2.25. The van der Waals surface area contributed by atoms with Crippen molar-refractivity contribution in [2.75, 3.05) is 11.9 Å². The Bertz CT molecular complexity index is 870. The number of nitrogens with two attached hydrogens (primary N) is 1. The number of nitro groups is 1. The fraction of sp³-hybridized carbons (Fsp3) is 0.316. The first-order valence-corrected chi connectivity index (χ1v) is 8.76. The van der Waals surface area contributed by atoms with Crippen LogP contribution in [-0.4, -0.2) is 39.2 Å². The van der Waals surface area contributed by atoms with Crippen molar-refractivity contribution in [3.63, 3.8) is 0 Å². The van der Waals surface area contributed by atoms with E-state index in [0.717, 1.165) is 5.69 Å². The highest BCUT2D eigenvalue weighted by molar-refractivity contribution is 5.97. The van der Waals surface area contributed by atoms with Gasteiger partial charge in [-0.2, -0.15) is 0 Å². The van der Waals surface area contributed by atoms with Gasteiger partial charge in [0.2, 0.25) is 5.91 Å². The SMILES string of the molecule is CC(Nc1ccc(C(=O)N(CC(N)=O)C(C)C)cc1[N+](=O)[O-])c1ccccn1. The van der Waals surface area contributed by atoms with Gasteiger partial charge < -0.3 is 16.0 Å². The minimum absolute atomic E-state index is 0.109. The summed E-state index contributed by atoms with van der Waals surface area (Å²) in [4.78, 5) is 40.4. The molecule has 0 aliphatic heterocycles.